The Morgan fingerprint density at radius 2 is 2.00 bits per heavy atom. The third kappa shape index (κ3) is 4.09. The van der Waals surface area contributed by atoms with Gasteiger partial charge in [0.1, 0.15) is 17.7 Å². The maximum atomic E-state index is 11.9. The Morgan fingerprint density at radius 1 is 1.32 bits per heavy atom. The predicted molar refractivity (Wildman–Crippen MR) is 88.0 cm³/mol. The van der Waals surface area contributed by atoms with Gasteiger partial charge in [-0.1, -0.05) is 51.1 Å². The molecule has 2 rings (SSSR count). The molecule has 4 nitrogen and oxygen atoms in total. The molecular formula is C17H18N2O2S. The van der Waals surface area contributed by atoms with Gasteiger partial charge in [-0.15, -0.1) is 11.3 Å². The molecule has 0 atom stereocenters. The third-order valence-corrected chi connectivity index (χ3v) is 4.50. The number of benzene rings is 1. The minimum atomic E-state index is -0.553. The highest BCUT2D eigenvalue weighted by Gasteiger charge is 2.20. The van der Waals surface area contributed by atoms with E-state index in [4.69, 9.17) is 4.74 Å². The number of nitrogens with one attached hydrogen (secondary N) is 1. The van der Waals surface area contributed by atoms with Crippen LogP contribution in [0.25, 0.3) is 0 Å². The van der Waals surface area contributed by atoms with Crippen LogP contribution in [0.2, 0.25) is 0 Å². The molecule has 1 amide bonds. The normalized spacial score (nSPS) is 10.8. The molecule has 2 aromatic rings. The van der Waals surface area contributed by atoms with Crippen LogP contribution in [0.4, 0.5) is 9.80 Å². The topological polar surface area (TPSA) is 62.1 Å². The second-order valence-electron chi connectivity index (χ2n) is 5.90. The number of rotatable bonds is 3. The molecule has 1 heterocycles. The molecule has 0 fully saturated rings. The molecule has 114 valence electrons. The summed E-state index contributed by atoms with van der Waals surface area (Å²) >= 11 is 1.41. The van der Waals surface area contributed by atoms with Crippen molar-refractivity contribution in [1.82, 2.24) is 0 Å². The van der Waals surface area contributed by atoms with Gasteiger partial charge >= 0.3 is 6.09 Å². The lowest BCUT2D eigenvalue weighted by molar-refractivity contribution is 0.155. The van der Waals surface area contributed by atoms with Crippen molar-refractivity contribution >= 4 is 22.4 Å². The number of anilines is 1. The maximum absolute atomic E-state index is 11.9. The first-order valence-corrected chi connectivity index (χ1v) is 7.74. The van der Waals surface area contributed by atoms with Crippen LogP contribution in [0, 0.1) is 11.3 Å². The Morgan fingerprint density at radius 3 is 2.59 bits per heavy atom. The van der Waals surface area contributed by atoms with Crippen LogP contribution in [-0.4, -0.2) is 6.09 Å². The van der Waals surface area contributed by atoms with Crippen LogP contribution in [-0.2, 0) is 16.8 Å². The number of amides is 1. The first-order chi connectivity index (χ1) is 10.4. The summed E-state index contributed by atoms with van der Waals surface area (Å²) in [6.07, 6.45) is -0.553. The van der Waals surface area contributed by atoms with Crippen LogP contribution >= 0.6 is 11.3 Å². The highest BCUT2D eigenvalue weighted by Crippen LogP contribution is 2.35. The van der Waals surface area contributed by atoms with Crippen molar-refractivity contribution in [2.24, 2.45) is 0 Å². The molecule has 0 bridgehead atoms. The van der Waals surface area contributed by atoms with Crippen LogP contribution in [0.1, 0.15) is 36.8 Å². The van der Waals surface area contributed by atoms with E-state index in [0.717, 1.165) is 10.4 Å². The fraction of sp³-hybridized carbons (Fsp3) is 0.294. The van der Waals surface area contributed by atoms with E-state index < -0.39 is 6.09 Å². The second kappa shape index (κ2) is 6.63. The molecular weight excluding hydrogens is 296 g/mol. The molecule has 1 N–H and O–H groups in total. The van der Waals surface area contributed by atoms with Crippen molar-refractivity contribution < 1.29 is 9.53 Å². The van der Waals surface area contributed by atoms with Crippen LogP contribution in [0.3, 0.4) is 0 Å². The monoisotopic (exact) mass is 314 g/mol. The summed E-state index contributed by atoms with van der Waals surface area (Å²) in [6, 6.07) is 13.4. The maximum Gasteiger partial charge on any atom is 0.412 e. The van der Waals surface area contributed by atoms with Gasteiger partial charge in [0, 0.05) is 4.88 Å². The Kier molecular flexibility index (Phi) is 4.84. The summed E-state index contributed by atoms with van der Waals surface area (Å²) in [6.45, 7) is 6.40. The van der Waals surface area contributed by atoms with Gasteiger partial charge in [-0.25, -0.2) is 4.79 Å². The van der Waals surface area contributed by atoms with Gasteiger partial charge in [0.05, 0.1) is 5.56 Å². The average molecular weight is 314 g/mol. The number of carbonyl (C=O) groups excluding carboxylic acids is 1. The van der Waals surface area contributed by atoms with Crippen molar-refractivity contribution in [3.05, 3.63) is 52.4 Å². The zero-order chi connectivity index (χ0) is 16.2. The number of carbonyl (C=O) groups is 1. The second-order valence-corrected chi connectivity index (χ2v) is 6.95. The Hall–Kier alpha value is -2.32. The van der Waals surface area contributed by atoms with E-state index in [9.17, 15) is 10.1 Å². The molecule has 0 aliphatic rings. The lowest BCUT2D eigenvalue weighted by Gasteiger charge is -2.15. The van der Waals surface area contributed by atoms with E-state index in [1.165, 1.54) is 11.3 Å². The molecule has 0 radical (unpaired) electrons. The number of nitrogens with zero attached hydrogens (tertiary/aromatic N) is 1. The van der Waals surface area contributed by atoms with Crippen molar-refractivity contribution in [3.8, 4) is 6.07 Å². The van der Waals surface area contributed by atoms with Gasteiger partial charge in [0.25, 0.3) is 0 Å². The lowest BCUT2D eigenvalue weighted by atomic mass is 9.94. The van der Waals surface area contributed by atoms with Crippen molar-refractivity contribution in [3.63, 3.8) is 0 Å². The minimum Gasteiger partial charge on any atom is -0.444 e. The number of hydrogen-bond donors (Lipinski definition) is 1. The fourth-order valence-corrected chi connectivity index (χ4v) is 2.84. The summed E-state index contributed by atoms with van der Waals surface area (Å²) in [4.78, 5) is 12.9. The SMILES string of the molecule is CC(C)(C)c1cc(C#N)c(NC(=O)OCc2ccccc2)s1. The number of hydrogen-bond acceptors (Lipinski definition) is 4. The molecule has 5 heteroatoms. The van der Waals surface area contributed by atoms with Gasteiger partial charge < -0.3 is 4.74 Å². The molecule has 0 aliphatic heterocycles. The van der Waals surface area contributed by atoms with Crippen molar-refractivity contribution in [2.45, 2.75) is 32.8 Å². The van der Waals surface area contributed by atoms with Gasteiger partial charge in [-0.3, -0.25) is 5.32 Å². The van der Waals surface area contributed by atoms with Crippen LogP contribution < -0.4 is 5.32 Å². The van der Waals surface area contributed by atoms with Crippen molar-refractivity contribution in [1.29, 1.82) is 5.26 Å². The number of ether oxygens (including phenoxy) is 1. The number of nitriles is 1. The average Bonchev–Trinajstić information content (AvgIpc) is 2.89. The Labute approximate surface area is 134 Å². The Bertz CT molecular complexity index is 694. The van der Waals surface area contributed by atoms with Crippen molar-refractivity contribution in [2.75, 3.05) is 5.32 Å². The molecule has 0 spiro atoms. The van der Waals surface area contributed by atoms with Crippen LogP contribution in [0.15, 0.2) is 36.4 Å². The van der Waals surface area contributed by atoms with E-state index in [0.29, 0.717) is 10.6 Å². The highest BCUT2D eigenvalue weighted by molar-refractivity contribution is 7.16. The van der Waals surface area contributed by atoms with E-state index in [1.807, 2.05) is 36.4 Å². The molecule has 1 aromatic carbocycles. The van der Waals surface area contributed by atoms with Gasteiger partial charge in [-0.2, -0.15) is 5.26 Å². The van der Waals surface area contributed by atoms with E-state index in [-0.39, 0.29) is 12.0 Å². The molecule has 0 aliphatic carbocycles. The van der Waals surface area contributed by atoms with E-state index in [2.05, 4.69) is 32.2 Å². The third-order valence-electron chi connectivity index (χ3n) is 3.02. The van der Waals surface area contributed by atoms with E-state index in [1.54, 1.807) is 0 Å². The summed E-state index contributed by atoms with van der Waals surface area (Å²) in [5.74, 6) is 0. The number of thiophene rings is 1. The largest absolute Gasteiger partial charge is 0.444 e. The predicted octanol–water partition coefficient (Wildman–Crippen LogP) is 4.67. The first-order valence-electron chi connectivity index (χ1n) is 6.92. The van der Waals surface area contributed by atoms with Gasteiger partial charge in [-0.05, 0) is 17.0 Å². The quantitative estimate of drug-likeness (QED) is 0.895. The molecule has 1 aromatic heterocycles. The minimum absolute atomic E-state index is 0.0653. The summed E-state index contributed by atoms with van der Waals surface area (Å²) in [7, 11) is 0. The lowest BCUT2D eigenvalue weighted by Crippen LogP contribution is -2.13. The zero-order valence-electron chi connectivity index (χ0n) is 12.8. The summed E-state index contributed by atoms with van der Waals surface area (Å²) in [5.41, 5.74) is 1.32. The van der Waals surface area contributed by atoms with Gasteiger partial charge in [0.15, 0.2) is 0 Å². The standard InChI is InChI=1S/C17H18N2O2S/c1-17(2,3)14-9-13(10-18)15(22-14)19-16(20)21-11-12-7-5-4-6-8-12/h4-9H,11H2,1-3H3,(H,19,20). The summed E-state index contributed by atoms with van der Waals surface area (Å²) in [5, 5.41) is 12.4. The zero-order valence-corrected chi connectivity index (χ0v) is 13.7. The first kappa shape index (κ1) is 16.1. The smallest absolute Gasteiger partial charge is 0.412 e. The molecule has 0 saturated carbocycles. The molecule has 22 heavy (non-hydrogen) atoms. The fourth-order valence-electron chi connectivity index (χ4n) is 1.79. The van der Waals surface area contributed by atoms with E-state index >= 15 is 0 Å². The van der Waals surface area contributed by atoms with Gasteiger partial charge in [0.2, 0.25) is 0 Å². The molecule has 0 unspecified atom stereocenters. The molecule has 0 saturated heterocycles. The Balaban J connectivity index is 2.02. The van der Waals surface area contributed by atoms with Crippen LogP contribution in [0.5, 0.6) is 0 Å². The summed E-state index contributed by atoms with van der Waals surface area (Å²) < 4.78 is 5.17. The highest BCUT2D eigenvalue weighted by atomic mass is 32.1.